The van der Waals surface area contributed by atoms with Crippen molar-refractivity contribution in [3.63, 3.8) is 0 Å². The normalized spacial score (nSPS) is 18.9. The molecule has 1 atom stereocenters. The van der Waals surface area contributed by atoms with Crippen molar-refractivity contribution in [3.8, 4) is 0 Å². The van der Waals surface area contributed by atoms with E-state index in [0.29, 0.717) is 6.04 Å². The number of hydrogen-bond acceptors (Lipinski definition) is 2. The second kappa shape index (κ2) is 6.57. The summed E-state index contributed by atoms with van der Waals surface area (Å²) in [5.74, 6) is 0. The van der Waals surface area contributed by atoms with Crippen LogP contribution in [0.4, 0.5) is 10.5 Å². The molecule has 0 aromatic heterocycles. The number of benzene rings is 1. The number of carbonyl (C=O) groups excluding carboxylic acids is 1. The highest BCUT2D eigenvalue weighted by Crippen LogP contribution is 2.11. The van der Waals surface area contributed by atoms with Crippen LogP contribution in [0, 0.1) is 6.92 Å². The van der Waals surface area contributed by atoms with Crippen LogP contribution in [0.25, 0.3) is 0 Å². The average molecular weight is 261 g/mol. The third-order valence-corrected chi connectivity index (χ3v) is 3.56. The summed E-state index contributed by atoms with van der Waals surface area (Å²) >= 11 is 0. The zero-order valence-corrected chi connectivity index (χ0v) is 11.8. The number of aryl methyl sites for hydroxylation is 1. The minimum Gasteiger partial charge on any atom is -0.326 e. The minimum atomic E-state index is -0.0452. The smallest absolute Gasteiger partial charge is 0.321 e. The second-order valence-electron chi connectivity index (χ2n) is 5.32. The number of piperidine rings is 1. The molecule has 1 fully saturated rings. The predicted octanol–water partition coefficient (Wildman–Crippen LogP) is 2.60. The van der Waals surface area contributed by atoms with Crippen LogP contribution in [0.15, 0.2) is 24.3 Å². The minimum absolute atomic E-state index is 0.0452. The summed E-state index contributed by atoms with van der Waals surface area (Å²) in [7, 11) is 1.85. The van der Waals surface area contributed by atoms with Crippen LogP contribution in [0.1, 0.15) is 24.8 Å². The van der Waals surface area contributed by atoms with E-state index in [9.17, 15) is 4.79 Å². The topological polar surface area (TPSA) is 44.4 Å². The number of urea groups is 1. The van der Waals surface area contributed by atoms with E-state index in [1.807, 2.05) is 38.2 Å². The molecule has 2 amide bonds. The van der Waals surface area contributed by atoms with Gasteiger partial charge in [0.2, 0.25) is 0 Å². The highest BCUT2D eigenvalue weighted by molar-refractivity contribution is 5.89. The van der Waals surface area contributed by atoms with E-state index in [-0.39, 0.29) is 6.03 Å². The summed E-state index contributed by atoms with van der Waals surface area (Å²) < 4.78 is 0. The van der Waals surface area contributed by atoms with Crippen molar-refractivity contribution < 1.29 is 4.79 Å². The molecular weight excluding hydrogens is 238 g/mol. The van der Waals surface area contributed by atoms with Gasteiger partial charge in [0, 0.05) is 25.3 Å². The monoisotopic (exact) mass is 261 g/mol. The maximum atomic E-state index is 12.1. The van der Waals surface area contributed by atoms with Gasteiger partial charge in [-0.25, -0.2) is 4.79 Å². The van der Waals surface area contributed by atoms with E-state index in [1.54, 1.807) is 4.90 Å². The number of likely N-dealkylation sites (N-methyl/N-ethyl adjacent to an activating group) is 1. The fourth-order valence-electron chi connectivity index (χ4n) is 2.35. The quantitative estimate of drug-likeness (QED) is 0.878. The van der Waals surface area contributed by atoms with Gasteiger partial charge in [-0.05, 0) is 38.4 Å². The Kier molecular flexibility index (Phi) is 4.80. The first-order valence-electron chi connectivity index (χ1n) is 6.97. The lowest BCUT2D eigenvalue weighted by Gasteiger charge is -2.28. The number of rotatable bonds is 3. The fraction of sp³-hybridized carbons (Fsp3) is 0.533. The summed E-state index contributed by atoms with van der Waals surface area (Å²) in [6, 6.07) is 8.25. The lowest BCUT2D eigenvalue weighted by Crippen LogP contribution is -2.45. The molecule has 19 heavy (non-hydrogen) atoms. The van der Waals surface area contributed by atoms with E-state index < -0.39 is 0 Å². The van der Waals surface area contributed by atoms with Crippen molar-refractivity contribution in [2.75, 3.05) is 25.5 Å². The van der Waals surface area contributed by atoms with Gasteiger partial charge < -0.3 is 15.5 Å². The van der Waals surface area contributed by atoms with Crippen LogP contribution in [0.2, 0.25) is 0 Å². The predicted molar refractivity (Wildman–Crippen MR) is 78.5 cm³/mol. The van der Waals surface area contributed by atoms with Gasteiger partial charge in [-0.1, -0.05) is 24.1 Å². The Morgan fingerprint density at radius 2 is 2.11 bits per heavy atom. The Morgan fingerprint density at radius 1 is 1.37 bits per heavy atom. The standard InChI is InChI=1S/C15H23N3O/c1-12-6-8-13(9-7-12)17-15(19)18(2)11-14-5-3-4-10-16-14/h6-9,14,16H,3-5,10-11H2,1-2H3,(H,17,19). The molecule has 4 heteroatoms. The Hall–Kier alpha value is -1.55. The summed E-state index contributed by atoms with van der Waals surface area (Å²) in [6.07, 6.45) is 3.66. The Morgan fingerprint density at radius 3 is 2.74 bits per heavy atom. The molecule has 1 aromatic carbocycles. The van der Waals surface area contributed by atoms with Crippen molar-refractivity contribution in [1.29, 1.82) is 0 Å². The zero-order chi connectivity index (χ0) is 13.7. The van der Waals surface area contributed by atoms with Crippen molar-refractivity contribution in [3.05, 3.63) is 29.8 Å². The first kappa shape index (κ1) is 13.9. The van der Waals surface area contributed by atoms with E-state index >= 15 is 0 Å². The summed E-state index contributed by atoms with van der Waals surface area (Å²) in [5, 5.41) is 6.37. The van der Waals surface area contributed by atoms with Crippen LogP contribution < -0.4 is 10.6 Å². The third kappa shape index (κ3) is 4.24. The Labute approximate surface area is 115 Å². The van der Waals surface area contributed by atoms with Crippen molar-refractivity contribution >= 4 is 11.7 Å². The van der Waals surface area contributed by atoms with Gasteiger partial charge in [0.05, 0.1) is 0 Å². The van der Waals surface area contributed by atoms with Gasteiger partial charge in [-0.15, -0.1) is 0 Å². The van der Waals surface area contributed by atoms with Crippen LogP contribution in [-0.4, -0.2) is 37.1 Å². The van der Waals surface area contributed by atoms with Gasteiger partial charge in [0.25, 0.3) is 0 Å². The lowest BCUT2D eigenvalue weighted by molar-refractivity contribution is 0.212. The van der Waals surface area contributed by atoms with Gasteiger partial charge in [-0.3, -0.25) is 0 Å². The molecule has 1 saturated heterocycles. The summed E-state index contributed by atoms with van der Waals surface area (Å²) in [6.45, 7) is 3.86. The number of nitrogens with zero attached hydrogens (tertiary/aromatic N) is 1. The van der Waals surface area contributed by atoms with Gasteiger partial charge in [0.1, 0.15) is 0 Å². The lowest BCUT2D eigenvalue weighted by atomic mass is 10.0. The average Bonchev–Trinajstić information content (AvgIpc) is 2.42. The molecule has 1 unspecified atom stereocenters. The van der Waals surface area contributed by atoms with E-state index in [0.717, 1.165) is 25.2 Å². The van der Waals surface area contributed by atoms with Crippen molar-refractivity contribution in [1.82, 2.24) is 10.2 Å². The van der Waals surface area contributed by atoms with E-state index in [2.05, 4.69) is 10.6 Å². The van der Waals surface area contributed by atoms with Gasteiger partial charge >= 0.3 is 6.03 Å². The molecule has 1 aliphatic rings. The third-order valence-electron chi connectivity index (χ3n) is 3.56. The van der Waals surface area contributed by atoms with Crippen LogP contribution in [0.5, 0.6) is 0 Å². The first-order chi connectivity index (χ1) is 9.15. The Bertz CT molecular complexity index is 410. The van der Waals surface area contributed by atoms with Gasteiger partial charge in [-0.2, -0.15) is 0 Å². The molecule has 2 N–H and O–H groups in total. The number of anilines is 1. The molecule has 0 aliphatic carbocycles. The van der Waals surface area contributed by atoms with E-state index in [4.69, 9.17) is 0 Å². The van der Waals surface area contributed by atoms with E-state index in [1.165, 1.54) is 18.4 Å². The Balaban J connectivity index is 1.83. The number of hydrogen-bond donors (Lipinski definition) is 2. The molecule has 2 rings (SSSR count). The molecule has 0 bridgehead atoms. The molecule has 0 spiro atoms. The van der Waals surface area contributed by atoms with Crippen LogP contribution >= 0.6 is 0 Å². The fourth-order valence-corrected chi connectivity index (χ4v) is 2.35. The molecule has 104 valence electrons. The zero-order valence-electron chi connectivity index (χ0n) is 11.8. The second-order valence-corrected chi connectivity index (χ2v) is 5.32. The molecule has 1 aromatic rings. The van der Waals surface area contributed by atoms with Crippen LogP contribution in [0.3, 0.4) is 0 Å². The maximum absolute atomic E-state index is 12.1. The largest absolute Gasteiger partial charge is 0.326 e. The SMILES string of the molecule is Cc1ccc(NC(=O)N(C)CC2CCCCN2)cc1. The van der Waals surface area contributed by atoms with Crippen LogP contribution in [-0.2, 0) is 0 Å². The molecular formula is C15H23N3O. The number of nitrogens with one attached hydrogen (secondary N) is 2. The highest BCUT2D eigenvalue weighted by Gasteiger charge is 2.17. The summed E-state index contributed by atoms with van der Waals surface area (Å²) in [4.78, 5) is 13.8. The van der Waals surface area contributed by atoms with Crippen molar-refractivity contribution in [2.24, 2.45) is 0 Å². The molecule has 0 saturated carbocycles. The molecule has 1 aliphatic heterocycles. The highest BCUT2D eigenvalue weighted by atomic mass is 16.2. The summed E-state index contributed by atoms with van der Waals surface area (Å²) in [5.41, 5.74) is 2.04. The van der Waals surface area contributed by atoms with Gasteiger partial charge in [0.15, 0.2) is 0 Å². The maximum Gasteiger partial charge on any atom is 0.321 e. The number of carbonyl (C=O) groups is 1. The van der Waals surface area contributed by atoms with Crippen molar-refractivity contribution in [2.45, 2.75) is 32.2 Å². The molecule has 1 heterocycles. The first-order valence-corrected chi connectivity index (χ1v) is 6.97. The molecule has 4 nitrogen and oxygen atoms in total. The number of amides is 2. The molecule has 0 radical (unpaired) electrons.